The van der Waals surface area contributed by atoms with Gasteiger partial charge in [0.05, 0.1) is 6.54 Å². The largest absolute Gasteiger partial charge is 0.492 e. The molecule has 0 aliphatic rings. The molecule has 0 heterocycles. The zero-order chi connectivity index (χ0) is 15.0. The van der Waals surface area contributed by atoms with E-state index in [1.54, 1.807) is 23.5 Å². The summed E-state index contributed by atoms with van der Waals surface area (Å²) in [6, 6.07) is 7.06. The van der Waals surface area contributed by atoms with Gasteiger partial charge in [0.1, 0.15) is 12.4 Å². The highest BCUT2D eigenvalue weighted by atomic mass is 19.4. The van der Waals surface area contributed by atoms with Crippen molar-refractivity contribution < 1.29 is 27.8 Å². The maximum Gasteiger partial charge on any atom is 0.471 e. The van der Waals surface area contributed by atoms with Crippen molar-refractivity contribution in [2.75, 3.05) is 19.8 Å². The fourth-order valence-corrected chi connectivity index (χ4v) is 1.51. The van der Waals surface area contributed by atoms with Crippen LogP contribution in [-0.4, -0.2) is 36.9 Å². The first-order valence-electron chi connectivity index (χ1n) is 6.11. The summed E-state index contributed by atoms with van der Waals surface area (Å²) >= 11 is 0. The summed E-state index contributed by atoms with van der Waals surface area (Å²) in [6.07, 6.45) is -3.55. The molecule has 0 spiro atoms. The van der Waals surface area contributed by atoms with Crippen molar-refractivity contribution in [3.05, 3.63) is 29.8 Å². The third kappa shape index (κ3) is 5.92. The second-order valence-electron chi connectivity index (χ2n) is 4.08. The Morgan fingerprint density at radius 3 is 2.75 bits per heavy atom. The van der Waals surface area contributed by atoms with E-state index < -0.39 is 12.1 Å². The van der Waals surface area contributed by atoms with Gasteiger partial charge >= 0.3 is 12.1 Å². The number of aryl methyl sites for hydroxylation is 1. The number of halogens is 3. The second-order valence-corrected chi connectivity index (χ2v) is 4.08. The number of aliphatic hydroxyl groups excluding tert-OH is 1. The van der Waals surface area contributed by atoms with Crippen LogP contribution in [-0.2, 0) is 11.2 Å². The fraction of sp³-hybridized carbons (Fsp3) is 0.462. The van der Waals surface area contributed by atoms with Crippen LogP contribution < -0.4 is 10.1 Å². The Balaban J connectivity index is 2.33. The maximum absolute atomic E-state index is 11.9. The zero-order valence-corrected chi connectivity index (χ0v) is 10.7. The molecule has 0 bridgehead atoms. The van der Waals surface area contributed by atoms with Crippen molar-refractivity contribution in [3.8, 4) is 5.75 Å². The summed E-state index contributed by atoms with van der Waals surface area (Å²) in [5.41, 5.74) is 0.968. The fourth-order valence-electron chi connectivity index (χ4n) is 1.51. The van der Waals surface area contributed by atoms with E-state index in [9.17, 15) is 18.0 Å². The van der Waals surface area contributed by atoms with Gasteiger partial charge < -0.3 is 15.2 Å². The molecule has 2 N–H and O–H groups in total. The quantitative estimate of drug-likeness (QED) is 0.751. The zero-order valence-electron chi connectivity index (χ0n) is 10.7. The number of benzene rings is 1. The van der Waals surface area contributed by atoms with E-state index in [0.29, 0.717) is 18.6 Å². The van der Waals surface area contributed by atoms with Gasteiger partial charge in [0.15, 0.2) is 0 Å². The number of hydrogen-bond acceptors (Lipinski definition) is 3. The van der Waals surface area contributed by atoms with Gasteiger partial charge in [0.25, 0.3) is 0 Å². The maximum atomic E-state index is 11.9. The van der Waals surface area contributed by atoms with Crippen LogP contribution in [0.4, 0.5) is 13.2 Å². The van der Waals surface area contributed by atoms with E-state index in [1.807, 2.05) is 6.07 Å². The average Bonchev–Trinajstić information content (AvgIpc) is 2.40. The number of aliphatic hydroxyl groups is 1. The van der Waals surface area contributed by atoms with E-state index in [4.69, 9.17) is 9.84 Å². The number of carbonyl (C=O) groups is 1. The first-order valence-corrected chi connectivity index (χ1v) is 6.11. The molecule has 1 rings (SSSR count). The molecule has 0 saturated heterocycles. The summed E-state index contributed by atoms with van der Waals surface area (Å²) in [5, 5.41) is 10.4. The lowest BCUT2D eigenvalue weighted by Gasteiger charge is -2.10. The molecule has 1 aromatic carbocycles. The lowest BCUT2D eigenvalue weighted by Crippen LogP contribution is -2.38. The van der Waals surface area contributed by atoms with Crippen LogP contribution in [0, 0.1) is 0 Å². The summed E-state index contributed by atoms with van der Waals surface area (Å²) in [4.78, 5) is 10.5. The number of amides is 1. The van der Waals surface area contributed by atoms with Crippen molar-refractivity contribution in [2.45, 2.75) is 19.0 Å². The average molecular weight is 291 g/mol. The Hall–Kier alpha value is -1.76. The van der Waals surface area contributed by atoms with E-state index in [-0.39, 0.29) is 19.8 Å². The Kier molecular flexibility index (Phi) is 6.30. The molecule has 0 unspecified atom stereocenters. The Morgan fingerprint density at radius 1 is 1.35 bits per heavy atom. The minimum absolute atomic E-state index is 0.0503. The molecule has 112 valence electrons. The summed E-state index contributed by atoms with van der Waals surface area (Å²) < 4.78 is 40.9. The SMILES string of the molecule is O=C(NCCOc1cccc(CCCO)c1)C(F)(F)F. The number of alkyl halides is 3. The first-order chi connectivity index (χ1) is 9.43. The van der Waals surface area contributed by atoms with Crippen molar-refractivity contribution in [1.82, 2.24) is 5.32 Å². The van der Waals surface area contributed by atoms with Crippen LogP contribution in [0.2, 0.25) is 0 Å². The molecule has 1 aromatic rings. The highest BCUT2D eigenvalue weighted by Crippen LogP contribution is 2.15. The number of rotatable bonds is 7. The molecule has 0 radical (unpaired) electrons. The molecule has 1 amide bonds. The number of carbonyl (C=O) groups excluding carboxylic acids is 1. The van der Waals surface area contributed by atoms with E-state index in [2.05, 4.69) is 0 Å². The highest BCUT2D eigenvalue weighted by Gasteiger charge is 2.38. The van der Waals surface area contributed by atoms with Gasteiger partial charge in [-0.15, -0.1) is 0 Å². The first kappa shape index (κ1) is 16.3. The molecule has 7 heteroatoms. The van der Waals surface area contributed by atoms with Crippen LogP contribution in [0.25, 0.3) is 0 Å². The number of ether oxygens (including phenoxy) is 1. The van der Waals surface area contributed by atoms with Crippen molar-refractivity contribution in [1.29, 1.82) is 0 Å². The monoisotopic (exact) mass is 291 g/mol. The predicted molar refractivity (Wildman–Crippen MR) is 66.4 cm³/mol. The summed E-state index contributed by atoms with van der Waals surface area (Å²) in [6.45, 7) is -0.182. The lowest BCUT2D eigenvalue weighted by atomic mass is 10.1. The second kappa shape index (κ2) is 7.74. The van der Waals surface area contributed by atoms with Crippen LogP contribution in [0.5, 0.6) is 5.75 Å². The Labute approximate surface area is 114 Å². The van der Waals surface area contributed by atoms with Gasteiger partial charge in [-0.1, -0.05) is 12.1 Å². The normalized spacial score (nSPS) is 11.2. The van der Waals surface area contributed by atoms with Gasteiger partial charge in [-0.05, 0) is 30.5 Å². The van der Waals surface area contributed by atoms with Gasteiger partial charge in [0.2, 0.25) is 0 Å². The van der Waals surface area contributed by atoms with Crippen molar-refractivity contribution in [3.63, 3.8) is 0 Å². The van der Waals surface area contributed by atoms with Gasteiger partial charge in [-0.2, -0.15) is 13.2 Å². The number of hydrogen-bond donors (Lipinski definition) is 2. The minimum atomic E-state index is -4.87. The van der Waals surface area contributed by atoms with Crippen LogP contribution >= 0.6 is 0 Å². The van der Waals surface area contributed by atoms with Crippen LogP contribution in [0.3, 0.4) is 0 Å². The molecule has 0 atom stereocenters. The molecule has 0 fully saturated rings. The van der Waals surface area contributed by atoms with E-state index >= 15 is 0 Å². The third-order valence-electron chi connectivity index (χ3n) is 2.44. The molecule has 20 heavy (non-hydrogen) atoms. The predicted octanol–water partition coefficient (Wildman–Crippen LogP) is 1.67. The highest BCUT2D eigenvalue weighted by molar-refractivity contribution is 5.81. The van der Waals surface area contributed by atoms with Gasteiger partial charge in [-0.25, -0.2) is 0 Å². The molecule has 0 aromatic heterocycles. The molecule has 4 nitrogen and oxygen atoms in total. The number of nitrogens with one attached hydrogen (secondary N) is 1. The van der Waals surface area contributed by atoms with Crippen LogP contribution in [0.1, 0.15) is 12.0 Å². The van der Waals surface area contributed by atoms with Crippen molar-refractivity contribution in [2.24, 2.45) is 0 Å². The summed E-state index contributed by atoms with van der Waals surface area (Å²) in [5.74, 6) is -1.46. The molecule has 0 aliphatic carbocycles. The molecule has 0 aliphatic heterocycles. The topological polar surface area (TPSA) is 58.6 Å². The Bertz CT molecular complexity index is 435. The molecule has 0 saturated carbocycles. The minimum Gasteiger partial charge on any atom is -0.492 e. The van der Waals surface area contributed by atoms with Crippen molar-refractivity contribution >= 4 is 5.91 Å². The lowest BCUT2D eigenvalue weighted by molar-refractivity contribution is -0.173. The van der Waals surface area contributed by atoms with Gasteiger partial charge in [-0.3, -0.25) is 4.79 Å². The summed E-state index contributed by atoms with van der Waals surface area (Å²) in [7, 11) is 0. The third-order valence-corrected chi connectivity index (χ3v) is 2.44. The molecular formula is C13H16F3NO3. The standard InChI is InChI=1S/C13H16F3NO3/c14-13(15,16)12(19)17-6-8-20-11-5-1-3-10(9-11)4-2-7-18/h1,3,5,9,18H,2,4,6-8H2,(H,17,19). The Morgan fingerprint density at radius 2 is 2.10 bits per heavy atom. The molecular weight excluding hydrogens is 275 g/mol. The van der Waals surface area contributed by atoms with E-state index in [0.717, 1.165) is 5.56 Å². The smallest absolute Gasteiger partial charge is 0.471 e. The van der Waals surface area contributed by atoms with E-state index in [1.165, 1.54) is 0 Å². The van der Waals surface area contributed by atoms with Crippen LogP contribution in [0.15, 0.2) is 24.3 Å². The van der Waals surface area contributed by atoms with Gasteiger partial charge in [0, 0.05) is 6.61 Å².